The van der Waals surface area contributed by atoms with Gasteiger partial charge in [0.15, 0.2) is 11.5 Å². The molecule has 1 aromatic rings. The molecule has 1 heterocycles. The first-order chi connectivity index (χ1) is 8.94. The molecule has 0 atom stereocenters. The molecule has 0 saturated heterocycles. The van der Waals surface area contributed by atoms with Gasteiger partial charge < -0.3 is 15.2 Å². The first-order valence-electron chi connectivity index (χ1n) is 6.83. The number of rotatable bonds is 4. The van der Waals surface area contributed by atoms with E-state index in [4.69, 9.17) is 15.2 Å². The van der Waals surface area contributed by atoms with Crippen LogP contribution >= 0.6 is 0 Å². The van der Waals surface area contributed by atoms with Crippen molar-refractivity contribution in [3.05, 3.63) is 17.7 Å². The van der Waals surface area contributed by atoms with Crippen LogP contribution in [0.25, 0.3) is 0 Å². The molecular formula is C15H24N2O2. The number of fused-ring (bicyclic) bond motifs is 1. The zero-order valence-corrected chi connectivity index (χ0v) is 12.3. The fraction of sp³-hybridized carbons (Fsp3) is 0.600. The maximum atomic E-state index is 6.12. The lowest BCUT2D eigenvalue weighted by Gasteiger charge is -2.35. The summed E-state index contributed by atoms with van der Waals surface area (Å²) in [7, 11) is 2.12. The average molecular weight is 264 g/mol. The van der Waals surface area contributed by atoms with Crippen molar-refractivity contribution in [3.8, 4) is 11.5 Å². The number of nitrogens with zero attached hydrogens (tertiary/aromatic N) is 1. The molecular weight excluding hydrogens is 240 g/mol. The first-order valence-corrected chi connectivity index (χ1v) is 6.83. The van der Waals surface area contributed by atoms with Gasteiger partial charge in [0, 0.05) is 23.8 Å². The van der Waals surface area contributed by atoms with Crippen LogP contribution in [0.2, 0.25) is 0 Å². The highest BCUT2D eigenvalue weighted by Crippen LogP contribution is 2.35. The highest BCUT2D eigenvalue weighted by molar-refractivity contribution is 5.58. The quantitative estimate of drug-likeness (QED) is 0.849. The molecule has 0 unspecified atom stereocenters. The molecule has 0 amide bonds. The molecule has 0 fully saturated rings. The van der Waals surface area contributed by atoms with Gasteiger partial charge in [-0.15, -0.1) is 0 Å². The Kier molecular flexibility index (Phi) is 3.90. The Labute approximate surface area is 115 Å². The van der Waals surface area contributed by atoms with Gasteiger partial charge in [0.1, 0.15) is 13.2 Å². The third-order valence-electron chi connectivity index (χ3n) is 4.11. The Morgan fingerprint density at radius 3 is 2.37 bits per heavy atom. The van der Waals surface area contributed by atoms with Gasteiger partial charge in [-0.25, -0.2) is 0 Å². The van der Waals surface area contributed by atoms with E-state index in [2.05, 4.69) is 32.7 Å². The van der Waals surface area contributed by atoms with Crippen molar-refractivity contribution in [2.75, 3.05) is 26.0 Å². The Bertz CT molecular complexity index is 458. The van der Waals surface area contributed by atoms with E-state index in [1.54, 1.807) is 0 Å². The van der Waals surface area contributed by atoms with Crippen molar-refractivity contribution in [3.63, 3.8) is 0 Å². The lowest BCUT2D eigenvalue weighted by atomic mass is 9.99. The summed E-state index contributed by atoms with van der Waals surface area (Å²) >= 11 is 0. The first kappa shape index (κ1) is 14.0. The van der Waals surface area contributed by atoms with E-state index >= 15 is 0 Å². The van der Waals surface area contributed by atoms with Crippen LogP contribution in [-0.2, 0) is 6.54 Å². The second-order valence-electron chi connectivity index (χ2n) is 5.72. The van der Waals surface area contributed by atoms with Crippen molar-refractivity contribution < 1.29 is 9.47 Å². The monoisotopic (exact) mass is 264 g/mol. The van der Waals surface area contributed by atoms with Crippen LogP contribution in [0.3, 0.4) is 0 Å². The zero-order chi connectivity index (χ0) is 14.0. The van der Waals surface area contributed by atoms with Crippen molar-refractivity contribution >= 4 is 5.69 Å². The number of benzene rings is 1. The third-order valence-corrected chi connectivity index (χ3v) is 4.11. The molecule has 0 radical (unpaired) electrons. The Balaban J connectivity index is 2.21. The van der Waals surface area contributed by atoms with Gasteiger partial charge in [0.2, 0.25) is 0 Å². The number of nitrogens with two attached hydrogens (primary N) is 1. The molecule has 0 aromatic heterocycles. The van der Waals surface area contributed by atoms with Crippen molar-refractivity contribution in [2.24, 2.45) is 0 Å². The molecule has 2 rings (SSSR count). The highest BCUT2D eigenvalue weighted by atomic mass is 16.6. The minimum atomic E-state index is 0.152. The molecule has 0 saturated carbocycles. The van der Waals surface area contributed by atoms with Crippen LogP contribution in [-0.4, -0.2) is 30.7 Å². The predicted octanol–water partition coefficient (Wildman–Crippen LogP) is 2.66. The number of nitrogen functional groups attached to an aromatic ring is 1. The number of hydrogen-bond donors (Lipinski definition) is 1. The molecule has 19 heavy (non-hydrogen) atoms. The molecule has 1 aromatic carbocycles. The summed E-state index contributed by atoms with van der Waals surface area (Å²) in [5, 5.41) is 0. The van der Waals surface area contributed by atoms with E-state index in [-0.39, 0.29) is 5.54 Å². The molecule has 1 aliphatic rings. The standard InChI is InChI=1S/C15H24N2O2/c1-5-15(2,3)17(4)10-11-8-13-14(9-12(11)16)19-7-6-18-13/h8-9H,5-7,10,16H2,1-4H3. The largest absolute Gasteiger partial charge is 0.486 e. The fourth-order valence-corrected chi connectivity index (χ4v) is 2.02. The van der Waals surface area contributed by atoms with E-state index < -0.39 is 0 Å². The van der Waals surface area contributed by atoms with E-state index in [9.17, 15) is 0 Å². The van der Waals surface area contributed by atoms with Gasteiger partial charge in [-0.3, -0.25) is 4.90 Å². The Hall–Kier alpha value is -1.42. The number of ether oxygens (including phenoxy) is 2. The van der Waals surface area contributed by atoms with Crippen LogP contribution < -0.4 is 15.2 Å². The van der Waals surface area contributed by atoms with Crippen LogP contribution in [0, 0.1) is 0 Å². The average Bonchev–Trinajstić information content (AvgIpc) is 2.39. The van der Waals surface area contributed by atoms with Gasteiger partial charge in [-0.1, -0.05) is 6.92 Å². The third kappa shape index (κ3) is 2.95. The smallest absolute Gasteiger partial charge is 0.163 e. The summed E-state index contributed by atoms with van der Waals surface area (Å²) in [4.78, 5) is 2.31. The van der Waals surface area contributed by atoms with Crippen LogP contribution in [0.5, 0.6) is 11.5 Å². The second-order valence-corrected chi connectivity index (χ2v) is 5.72. The van der Waals surface area contributed by atoms with Gasteiger partial charge in [-0.05, 0) is 38.9 Å². The lowest BCUT2D eigenvalue weighted by molar-refractivity contribution is 0.142. The minimum absolute atomic E-state index is 0.152. The highest BCUT2D eigenvalue weighted by Gasteiger charge is 2.23. The maximum absolute atomic E-state index is 6.12. The predicted molar refractivity (Wildman–Crippen MR) is 77.7 cm³/mol. The normalized spacial score (nSPS) is 14.8. The second kappa shape index (κ2) is 5.29. The number of hydrogen-bond acceptors (Lipinski definition) is 4. The van der Waals surface area contributed by atoms with Crippen molar-refractivity contribution in [2.45, 2.75) is 39.3 Å². The topological polar surface area (TPSA) is 47.7 Å². The Morgan fingerprint density at radius 2 is 1.79 bits per heavy atom. The lowest BCUT2D eigenvalue weighted by Crippen LogP contribution is -2.39. The summed E-state index contributed by atoms with van der Waals surface area (Å²) in [6.45, 7) is 8.68. The summed E-state index contributed by atoms with van der Waals surface area (Å²) < 4.78 is 11.1. The van der Waals surface area contributed by atoms with E-state index in [1.807, 2.05) is 12.1 Å². The van der Waals surface area contributed by atoms with Crippen LogP contribution in [0.1, 0.15) is 32.8 Å². The molecule has 0 spiro atoms. The summed E-state index contributed by atoms with van der Waals surface area (Å²) in [5.74, 6) is 1.56. The van der Waals surface area contributed by atoms with Gasteiger partial charge in [0.05, 0.1) is 0 Å². The Morgan fingerprint density at radius 1 is 1.21 bits per heavy atom. The summed E-state index contributed by atoms with van der Waals surface area (Å²) in [5.41, 5.74) is 8.13. The zero-order valence-electron chi connectivity index (χ0n) is 12.3. The van der Waals surface area contributed by atoms with Crippen molar-refractivity contribution in [1.82, 2.24) is 4.90 Å². The maximum Gasteiger partial charge on any atom is 0.163 e. The fourth-order valence-electron chi connectivity index (χ4n) is 2.02. The molecule has 4 nitrogen and oxygen atoms in total. The molecule has 1 aliphatic heterocycles. The van der Waals surface area contributed by atoms with Gasteiger partial charge in [-0.2, -0.15) is 0 Å². The van der Waals surface area contributed by atoms with E-state index in [1.165, 1.54) is 0 Å². The molecule has 0 aliphatic carbocycles. The molecule has 106 valence electrons. The molecule has 0 bridgehead atoms. The van der Waals surface area contributed by atoms with E-state index in [0.29, 0.717) is 13.2 Å². The minimum Gasteiger partial charge on any atom is -0.486 e. The van der Waals surface area contributed by atoms with Crippen molar-refractivity contribution in [1.29, 1.82) is 0 Å². The van der Waals surface area contributed by atoms with Crippen LogP contribution in [0.15, 0.2) is 12.1 Å². The number of anilines is 1. The summed E-state index contributed by atoms with van der Waals surface area (Å²) in [6, 6.07) is 3.88. The summed E-state index contributed by atoms with van der Waals surface area (Å²) in [6.07, 6.45) is 1.09. The van der Waals surface area contributed by atoms with Gasteiger partial charge >= 0.3 is 0 Å². The van der Waals surface area contributed by atoms with Gasteiger partial charge in [0.25, 0.3) is 0 Å². The SMILES string of the molecule is CCC(C)(C)N(C)Cc1cc2c(cc1N)OCCO2. The van der Waals surface area contributed by atoms with Crippen LogP contribution in [0.4, 0.5) is 5.69 Å². The molecule has 4 heteroatoms. The molecule has 2 N–H and O–H groups in total. The van der Waals surface area contributed by atoms with E-state index in [0.717, 1.165) is 35.7 Å².